The first-order valence-corrected chi connectivity index (χ1v) is 11.9. The predicted octanol–water partition coefficient (Wildman–Crippen LogP) is 4.85. The van der Waals surface area contributed by atoms with Crippen LogP contribution in [0.1, 0.15) is 5.56 Å². The number of thioether (sulfide) groups is 1. The predicted molar refractivity (Wildman–Crippen MR) is 133 cm³/mol. The molecule has 2 aromatic carbocycles. The van der Waals surface area contributed by atoms with E-state index in [1.165, 1.54) is 6.08 Å². The van der Waals surface area contributed by atoms with Gasteiger partial charge in [0.05, 0.1) is 20.1 Å². The maximum absolute atomic E-state index is 12.8. The van der Waals surface area contributed by atoms with Crippen LogP contribution >= 0.6 is 61.9 Å². The second-order valence-electron chi connectivity index (χ2n) is 6.28. The number of rotatable bonds is 7. The molecule has 0 aromatic heterocycles. The number of imide groups is 1. The number of ether oxygens (including phenoxy) is 1. The van der Waals surface area contributed by atoms with E-state index in [2.05, 4.69) is 43.8 Å². The van der Waals surface area contributed by atoms with Gasteiger partial charge in [-0.15, -0.1) is 0 Å². The molecular formula is C20H13BrClIN2O6S. The first-order chi connectivity index (χ1) is 15.2. The number of carboxylic acid groups (broad SMARTS) is 1. The number of carbonyl (C=O) groups is 4. The standard InChI is InChI=1S/C20H13BrClIN2O6S/c21-12-7-11(23)5-10(18(12)31-9-17(27)28)6-15-19(29)25(20(30)32-15)8-16(26)24-14-4-2-1-3-13(14)22/h1-7H,8-9H2,(H,24,26)(H,27,28)/b15-6+. The molecule has 32 heavy (non-hydrogen) atoms. The molecule has 2 aromatic rings. The Balaban J connectivity index is 1.80. The van der Waals surface area contributed by atoms with Crippen LogP contribution in [0.5, 0.6) is 5.75 Å². The molecule has 1 fully saturated rings. The zero-order valence-corrected chi connectivity index (χ0v) is 21.2. The Hall–Kier alpha value is -2.09. The molecule has 0 unspecified atom stereocenters. The lowest BCUT2D eigenvalue weighted by Crippen LogP contribution is -2.36. The maximum Gasteiger partial charge on any atom is 0.341 e. The van der Waals surface area contributed by atoms with Gasteiger partial charge in [0.2, 0.25) is 5.91 Å². The van der Waals surface area contributed by atoms with Gasteiger partial charge in [-0.05, 0) is 80.6 Å². The normalized spacial score (nSPS) is 14.7. The van der Waals surface area contributed by atoms with Gasteiger partial charge in [-0.1, -0.05) is 23.7 Å². The summed E-state index contributed by atoms with van der Waals surface area (Å²) in [6, 6.07) is 10.00. The number of hydrogen-bond donors (Lipinski definition) is 2. The molecule has 1 saturated heterocycles. The summed E-state index contributed by atoms with van der Waals surface area (Å²) in [6.07, 6.45) is 1.43. The van der Waals surface area contributed by atoms with Crippen LogP contribution in [-0.2, 0) is 14.4 Å². The van der Waals surface area contributed by atoms with Gasteiger partial charge < -0.3 is 15.2 Å². The van der Waals surface area contributed by atoms with Gasteiger partial charge in [-0.25, -0.2) is 4.79 Å². The van der Waals surface area contributed by atoms with Crippen molar-refractivity contribution < 1.29 is 29.0 Å². The number of aliphatic carboxylic acids is 1. The smallest absolute Gasteiger partial charge is 0.341 e. The molecule has 0 spiro atoms. The summed E-state index contributed by atoms with van der Waals surface area (Å²) in [4.78, 5) is 49.3. The summed E-state index contributed by atoms with van der Waals surface area (Å²) in [6.45, 7) is -1.06. The quantitative estimate of drug-likeness (QED) is 0.325. The fourth-order valence-corrected chi connectivity index (χ4v) is 5.32. The van der Waals surface area contributed by atoms with E-state index >= 15 is 0 Å². The molecule has 8 nitrogen and oxygen atoms in total. The highest BCUT2D eigenvalue weighted by Crippen LogP contribution is 2.37. The Bertz CT molecular complexity index is 1160. The molecule has 1 aliphatic rings. The van der Waals surface area contributed by atoms with Gasteiger partial charge in [0, 0.05) is 9.13 Å². The molecule has 0 atom stereocenters. The minimum Gasteiger partial charge on any atom is -0.480 e. The van der Waals surface area contributed by atoms with Crippen LogP contribution in [-0.4, -0.2) is 46.2 Å². The summed E-state index contributed by atoms with van der Waals surface area (Å²) < 4.78 is 6.62. The molecular weight excluding hydrogens is 639 g/mol. The van der Waals surface area contributed by atoms with Crippen LogP contribution in [0.3, 0.4) is 0 Å². The van der Waals surface area contributed by atoms with Crippen molar-refractivity contribution in [1.29, 1.82) is 0 Å². The minimum absolute atomic E-state index is 0.0784. The number of carboxylic acids is 1. The highest BCUT2D eigenvalue weighted by atomic mass is 127. The number of amides is 3. The van der Waals surface area contributed by atoms with Crippen LogP contribution in [0.15, 0.2) is 45.8 Å². The fraction of sp³-hybridized carbons (Fsp3) is 0.100. The van der Waals surface area contributed by atoms with Crippen molar-refractivity contribution in [2.24, 2.45) is 0 Å². The lowest BCUT2D eigenvalue weighted by Gasteiger charge is -2.13. The second kappa shape index (κ2) is 10.7. The van der Waals surface area contributed by atoms with Crippen LogP contribution in [0.25, 0.3) is 6.08 Å². The van der Waals surface area contributed by atoms with E-state index in [1.807, 2.05) is 0 Å². The number of anilines is 1. The fourth-order valence-electron chi connectivity index (χ4n) is 2.65. The van der Waals surface area contributed by atoms with E-state index in [0.29, 0.717) is 32.5 Å². The Labute approximate surface area is 213 Å². The van der Waals surface area contributed by atoms with E-state index in [1.54, 1.807) is 36.4 Å². The van der Waals surface area contributed by atoms with Gasteiger partial charge in [0.1, 0.15) is 12.3 Å². The number of benzene rings is 2. The second-order valence-corrected chi connectivity index (χ2v) is 9.78. The average Bonchev–Trinajstić information content (AvgIpc) is 2.96. The minimum atomic E-state index is -1.16. The molecule has 166 valence electrons. The SMILES string of the molecule is O=C(O)COc1c(Br)cc(I)cc1/C=C1/SC(=O)N(CC(=O)Nc2ccccc2Cl)C1=O. The van der Waals surface area contributed by atoms with Gasteiger partial charge in [0.15, 0.2) is 6.61 Å². The van der Waals surface area contributed by atoms with Gasteiger partial charge in [-0.2, -0.15) is 0 Å². The maximum atomic E-state index is 12.8. The van der Waals surface area contributed by atoms with Crippen molar-refractivity contribution in [2.75, 3.05) is 18.5 Å². The molecule has 1 aliphatic heterocycles. The van der Waals surface area contributed by atoms with Gasteiger partial charge in [0.25, 0.3) is 11.1 Å². The summed E-state index contributed by atoms with van der Waals surface area (Å²) in [5.74, 6) is -2.17. The van der Waals surface area contributed by atoms with Crippen molar-refractivity contribution in [3.05, 3.63) is 59.9 Å². The van der Waals surface area contributed by atoms with Crippen LogP contribution in [0.4, 0.5) is 10.5 Å². The average molecular weight is 652 g/mol. The molecule has 12 heteroatoms. The van der Waals surface area contributed by atoms with E-state index in [0.717, 1.165) is 8.47 Å². The van der Waals surface area contributed by atoms with Crippen molar-refractivity contribution in [3.8, 4) is 5.75 Å². The number of hydrogen-bond acceptors (Lipinski definition) is 6. The lowest BCUT2D eigenvalue weighted by molar-refractivity contribution is -0.139. The van der Waals surface area contributed by atoms with Crippen LogP contribution < -0.4 is 10.1 Å². The monoisotopic (exact) mass is 650 g/mol. The molecule has 0 radical (unpaired) electrons. The Morgan fingerprint density at radius 1 is 1.28 bits per heavy atom. The molecule has 3 amide bonds. The zero-order chi connectivity index (χ0) is 23.4. The van der Waals surface area contributed by atoms with E-state index in [9.17, 15) is 19.2 Å². The first-order valence-electron chi connectivity index (χ1n) is 8.79. The highest BCUT2D eigenvalue weighted by molar-refractivity contribution is 14.1. The summed E-state index contributed by atoms with van der Waals surface area (Å²) >= 11 is 12.1. The summed E-state index contributed by atoms with van der Waals surface area (Å²) in [5.41, 5.74) is 0.779. The van der Waals surface area contributed by atoms with E-state index in [4.69, 9.17) is 21.4 Å². The lowest BCUT2D eigenvalue weighted by atomic mass is 10.2. The number of nitrogens with zero attached hydrogens (tertiary/aromatic N) is 1. The van der Waals surface area contributed by atoms with Crippen molar-refractivity contribution in [1.82, 2.24) is 4.90 Å². The first kappa shape index (κ1) is 24.6. The molecule has 0 aliphatic carbocycles. The van der Waals surface area contributed by atoms with E-state index in [-0.39, 0.29) is 10.7 Å². The third kappa shape index (κ3) is 6.03. The number of halogens is 3. The van der Waals surface area contributed by atoms with Crippen LogP contribution in [0, 0.1) is 3.57 Å². The molecule has 0 saturated carbocycles. The van der Waals surface area contributed by atoms with Crippen molar-refractivity contribution >= 4 is 96.7 Å². The van der Waals surface area contributed by atoms with Crippen molar-refractivity contribution in [2.45, 2.75) is 0 Å². The highest BCUT2D eigenvalue weighted by Gasteiger charge is 2.36. The third-order valence-electron chi connectivity index (χ3n) is 3.99. The van der Waals surface area contributed by atoms with Gasteiger partial charge in [-0.3, -0.25) is 19.3 Å². The largest absolute Gasteiger partial charge is 0.480 e. The number of nitrogens with one attached hydrogen (secondary N) is 1. The Kier molecular flexibility index (Phi) is 8.20. The van der Waals surface area contributed by atoms with Crippen molar-refractivity contribution in [3.63, 3.8) is 0 Å². The topological polar surface area (TPSA) is 113 Å². The molecule has 2 N–H and O–H groups in total. The summed E-state index contributed by atoms with van der Waals surface area (Å²) in [5, 5.41) is 11.2. The number of carbonyl (C=O) groups excluding carboxylic acids is 3. The Morgan fingerprint density at radius 2 is 2.00 bits per heavy atom. The van der Waals surface area contributed by atoms with E-state index < -0.39 is 36.2 Å². The zero-order valence-electron chi connectivity index (χ0n) is 15.9. The molecule has 0 bridgehead atoms. The van der Waals surface area contributed by atoms with Gasteiger partial charge >= 0.3 is 5.97 Å². The summed E-state index contributed by atoms with van der Waals surface area (Å²) in [7, 11) is 0. The van der Waals surface area contributed by atoms with Crippen LogP contribution in [0.2, 0.25) is 5.02 Å². The third-order valence-corrected chi connectivity index (χ3v) is 6.44. The molecule has 1 heterocycles. The number of para-hydroxylation sites is 1. The Morgan fingerprint density at radius 3 is 2.69 bits per heavy atom. The molecule has 3 rings (SSSR count).